The number of ether oxygens (including phenoxy) is 1. The van der Waals surface area contributed by atoms with Gasteiger partial charge in [-0.2, -0.15) is 0 Å². The molecule has 0 radical (unpaired) electrons. The molecule has 0 aromatic heterocycles. The highest BCUT2D eigenvalue weighted by molar-refractivity contribution is 6.77. The first-order chi connectivity index (χ1) is 13.6. The van der Waals surface area contributed by atoms with Crippen LogP contribution in [0.3, 0.4) is 0 Å². The maximum atomic E-state index is 12.1. The van der Waals surface area contributed by atoms with Crippen molar-refractivity contribution in [3.05, 3.63) is 24.3 Å². The predicted octanol–water partition coefficient (Wildman–Crippen LogP) is 6.77. The Bertz CT molecular complexity index is 579. The Morgan fingerprint density at radius 1 is 0.833 bits per heavy atom. The zero-order valence-electron chi connectivity index (χ0n) is 21.2. The largest absolute Gasteiger partial charge is 0.463 e. The Morgan fingerprint density at radius 3 is 1.73 bits per heavy atom. The van der Waals surface area contributed by atoms with Crippen molar-refractivity contribution in [2.24, 2.45) is 5.92 Å². The van der Waals surface area contributed by atoms with E-state index in [9.17, 15) is 9.59 Å². The van der Waals surface area contributed by atoms with Crippen molar-refractivity contribution in [3.8, 4) is 0 Å². The number of esters is 1. The number of hydrogen-bond acceptors (Lipinski definition) is 4. The maximum Gasteiger partial charge on any atom is 0.330 e. The molecular formula is C24H46O4Si2. The summed E-state index contributed by atoms with van der Waals surface area (Å²) in [5.41, 5.74) is 1.32. The highest BCUT2D eigenvalue weighted by Crippen LogP contribution is 2.43. The Hall–Kier alpha value is -0.986. The van der Waals surface area contributed by atoms with Crippen LogP contribution in [-0.4, -0.2) is 40.9 Å². The molecule has 0 aliphatic heterocycles. The number of carbonyl (C=O) groups is 2. The molecule has 0 spiro atoms. The van der Waals surface area contributed by atoms with Crippen LogP contribution in [0.5, 0.6) is 0 Å². The predicted molar refractivity (Wildman–Crippen MR) is 133 cm³/mol. The maximum absolute atomic E-state index is 12.1. The van der Waals surface area contributed by atoms with E-state index < -0.39 is 16.4 Å². The van der Waals surface area contributed by atoms with Crippen LogP contribution in [-0.2, 0) is 18.8 Å². The summed E-state index contributed by atoms with van der Waals surface area (Å²) in [6.45, 7) is 24.3. The molecule has 0 fully saturated rings. The molecule has 6 heteroatoms. The van der Waals surface area contributed by atoms with Crippen LogP contribution >= 0.6 is 0 Å². The van der Waals surface area contributed by atoms with Gasteiger partial charge in [-0.1, -0.05) is 80.3 Å². The topological polar surface area (TPSA) is 52.6 Å². The zero-order valence-corrected chi connectivity index (χ0v) is 23.2. The summed E-state index contributed by atoms with van der Waals surface area (Å²) in [6, 6.07) is 0.959. The van der Waals surface area contributed by atoms with Gasteiger partial charge in [0.15, 0.2) is 5.78 Å². The van der Waals surface area contributed by atoms with Crippen LogP contribution in [0.1, 0.15) is 55.4 Å². The van der Waals surface area contributed by atoms with Gasteiger partial charge < -0.3 is 9.16 Å². The van der Waals surface area contributed by atoms with E-state index in [-0.39, 0.29) is 23.8 Å². The van der Waals surface area contributed by atoms with E-state index in [0.717, 1.165) is 6.04 Å². The van der Waals surface area contributed by atoms with Crippen molar-refractivity contribution in [2.75, 3.05) is 6.61 Å². The van der Waals surface area contributed by atoms with Crippen LogP contribution in [0.25, 0.3) is 0 Å². The molecule has 0 aliphatic rings. The Labute approximate surface area is 187 Å². The van der Waals surface area contributed by atoms with Gasteiger partial charge in [0.25, 0.3) is 0 Å². The number of carbonyl (C=O) groups excluding carboxylic acids is 2. The van der Waals surface area contributed by atoms with Gasteiger partial charge in [-0.25, -0.2) is 4.79 Å². The second kappa shape index (κ2) is 12.8. The summed E-state index contributed by atoms with van der Waals surface area (Å²) in [6.07, 6.45) is 6.56. The summed E-state index contributed by atoms with van der Waals surface area (Å²) < 4.78 is 12.3. The summed E-state index contributed by atoms with van der Waals surface area (Å²) in [5, 5.41) is 0. The van der Waals surface area contributed by atoms with Crippen LogP contribution in [0.15, 0.2) is 24.3 Å². The Morgan fingerprint density at radius 2 is 1.33 bits per heavy atom. The van der Waals surface area contributed by atoms with E-state index in [2.05, 4.69) is 61.2 Å². The van der Waals surface area contributed by atoms with Crippen LogP contribution < -0.4 is 0 Å². The second-order valence-corrected chi connectivity index (χ2v) is 21.6. The van der Waals surface area contributed by atoms with Gasteiger partial charge in [-0.05, 0) is 35.7 Å². The number of rotatable bonds is 13. The highest BCUT2D eigenvalue weighted by Gasteiger charge is 2.46. The third kappa shape index (κ3) is 9.88. The first-order valence-corrected chi connectivity index (χ1v) is 17.2. The molecule has 0 saturated carbocycles. The minimum Gasteiger partial charge on any atom is -0.463 e. The zero-order chi connectivity index (χ0) is 23.7. The lowest BCUT2D eigenvalue weighted by Crippen LogP contribution is -2.50. The minimum atomic E-state index is -2.13. The van der Waals surface area contributed by atoms with E-state index in [1.807, 2.05) is 19.1 Å². The molecule has 0 heterocycles. The van der Waals surface area contributed by atoms with E-state index in [1.54, 1.807) is 13.0 Å². The molecule has 0 unspecified atom stereocenters. The average Bonchev–Trinajstić information content (AvgIpc) is 2.57. The summed E-state index contributed by atoms with van der Waals surface area (Å²) in [7, 11) is -3.36. The summed E-state index contributed by atoms with van der Waals surface area (Å²) in [4.78, 5) is 23.7. The van der Waals surface area contributed by atoms with E-state index in [1.165, 1.54) is 6.08 Å². The Kier molecular flexibility index (Phi) is 12.3. The molecule has 0 saturated heterocycles. The van der Waals surface area contributed by atoms with Crippen LogP contribution in [0.4, 0.5) is 0 Å². The van der Waals surface area contributed by atoms with E-state index >= 15 is 0 Å². The van der Waals surface area contributed by atoms with Crippen LogP contribution in [0, 0.1) is 5.92 Å². The first kappa shape index (κ1) is 29.0. The fourth-order valence-corrected chi connectivity index (χ4v) is 10.3. The standard InChI is InChI=1S/C24H46O4Si2/c1-18(2)30(19(3)4,20(5)6)28-23(14-13-22(8)25)21(7)12-15-24(26)27-16-17-29(9,10)11/h12-15,18-21,23H,16-17H2,1-11H3/b14-13?,15-12+/t21-,23-/m0/s1. The van der Waals surface area contributed by atoms with Gasteiger partial charge in [-0.3, -0.25) is 4.79 Å². The van der Waals surface area contributed by atoms with Gasteiger partial charge in [0.2, 0.25) is 8.32 Å². The molecule has 0 aromatic carbocycles. The van der Waals surface area contributed by atoms with Gasteiger partial charge in [0.1, 0.15) is 0 Å². The molecule has 30 heavy (non-hydrogen) atoms. The van der Waals surface area contributed by atoms with Gasteiger partial charge in [-0.15, -0.1) is 0 Å². The fourth-order valence-electron chi connectivity index (χ4n) is 4.04. The smallest absolute Gasteiger partial charge is 0.330 e. The minimum absolute atomic E-state index is 0.00329. The molecule has 2 atom stereocenters. The summed E-state index contributed by atoms with van der Waals surface area (Å²) >= 11 is 0. The first-order valence-electron chi connectivity index (χ1n) is 11.3. The molecule has 0 bridgehead atoms. The molecule has 0 N–H and O–H groups in total. The van der Waals surface area contributed by atoms with Crippen molar-refractivity contribution in [1.82, 2.24) is 0 Å². The number of hydrogen-bond donors (Lipinski definition) is 0. The number of allylic oxidation sites excluding steroid dienone is 1. The van der Waals surface area contributed by atoms with Crippen molar-refractivity contribution < 1.29 is 18.8 Å². The summed E-state index contributed by atoms with van der Waals surface area (Å²) in [5.74, 6) is -0.362. The molecule has 0 aromatic rings. The third-order valence-electron chi connectivity index (χ3n) is 5.72. The lowest BCUT2D eigenvalue weighted by molar-refractivity contribution is -0.137. The third-order valence-corrected chi connectivity index (χ3v) is 13.5. The average molecular weight is 455 g/mol. The normalized spacial score (nSPS) is 15.5. The van der Waals surface area contributed by atoms with Crippen molar-refractivity contribution >= 4 is 28.1 Å². The van der Waals surface area contributed by atoms with E-state index in [4.69, 9.17) is 9.16 Å². The Balaban J connectivity index is 5.51. The molecular weight excluding hydrogens is 408 g/mol. The van der Waals surface area contributed by atoms with Crippen LogP contribution in [0.2, 0.25) is 42.3 Å². The molecule has 0 amide bonds. The van der Waals surface area contributed by atoms with Crippen molar-refractivity contribution in [1.29, 1.82) is 0 Å². The quantitative estimate of drug-likeness (QED) is 0.175. The molecule has 174 valence electrons. The van der Waals surface area contributed by atoms with Crippen molar-refractivity contribution in [3.63, 3.8) is 0 Å². The fraction of sp³-hybridized carbons (Fsp3) is 0.750. The van der Waals surface area contributed by atoms with Crippen molar-refractivity contribution in [2.45, 2.75) is 104 Å². The molecule has 0 aliphatic carbocycles. The van der Waals surface area contributed by atoms with Gasteiger partial charge in [0, 0.05) is 20.1 Å². The van der Waals surface area contributed by atoms with Gasteiger partial charge in [0.05, 0.1) is 12.7 Å². The van der Waals surface area contributed by atoms with Gasteiger partial charge >= 0.3 is 5.97 Å². The lowest BCUT2D eigenvalue weighted by Gasteiger charge is -2.45. The monoisotopic (exact) mass is 454 g/mol. The van der Waals surface area contributed by atoms with E-state index in [0.29, 0.717) is 23.2 Å². The second-order valence-electron chi connectivity index (χ2n) is 10.6. The molecule has 4 nitrogen and oxygen atoms in total. The highest BCUT2D eigenvalue weighted by atomic mass is 28.4. The lowest BCUT2D eigenvalue weighted by atomic mass is 10.0. The molecule has 0 rings (SSSR count). The number of ketones is 1. The SMILES string of the molecule is CC(=O)C=C[C@H](O[Si](C(C)C)(C(C)C)C(C)C)[C@@H](C)/C=C/C(=O)OCC[Si](C)(C)C.